The van der Waals surface area contributed by atoms with E-state index < -0.39 is 0 Å². The number of hydrogen-bond donors (Lipinski definition) is 1. The Balaban J connectivity index is 0.000000902. The molecule has 1 aliphatic rings. The molecule has 1 saturated heterocycles. The third-order valence-electron chi connectivity index (χ3n) is 3.03. The van der Waals surface area contributed by atoms with Gasteiger partial charge in [0.25, 0.3) is 5.89 Å². The summed E-state index contributed by atoms with van der Waals surface area (Å²) in [5, 5.41) is 7.36. The van der Waals surface area contributed by atoms with Gasteiger partial charge in [-0.3, -0.25) is 4.98 Å². The van der Waals surface area contributed by atoms with E-state index in [4.69, 9.17) is 4.52 Å². The van der Waals surface area contributed by atoms with Gasteiger partial charge >= 0.3 is 0 Å². The van der Waals surface area contributed by atoms with Crippen molar-refractivity contribution >= 4 is 24.8 Å². The zero-order valence-electron chi connectivity index (χ0n) is 10.3. The fourth-order valence-electron chi connectivity index (χ4n) is 2.10. The summed E-state index contributed by atoms with van der Waals surface area (Å²) >= 11 is 0. The van der Waals surface area contributed by atoms with Gasteiger partial charge in [0.1, 0.15) is 0 Å². The van der Waals surface area contributed by atoms with Gasteiger partial charge in [-0.05, 0) is 37.6 Å². The molecular weight excluding hydrogens is 287 g/mol. The maximum atomic E-state index is 5.25. The molecule has 1 aliphatic heterocycles. The van der Waals surface area contributed by atoms with Gasteiger partial charge in [-0.15, -0.1) is 24.8 Å². The van der Waals surface area contributed by atoms with E-state index in [0.29, 0.717) is 11.8 Å². The Bertz CT molecular complexity index is 485. The SMILES string of the molecule is Cl.Cl.c1cc(-c2nc(CC3CCNC3)no2)ccn1. The van der Waals surface area contributed by atoms with Crippen LogP contribution in [0, 0.1) is 5.92 Å². The Morgan fingerprint density at radius 1 is 1.26 bits per heavy atom. The van der Waals surface area contributed by atoms with Crippen molar-refractivity contribution in [1.82, 2.24) is 20.4 Å². The largest absolute Gasteiger partial charge is 0.334 e. The van der Waals surface area contributed by atoms with Crippen LogP contribution in [0.4, 0.5) is 0 Å². The summed E-state index contributed by atoms with van der Waals surface area (Å²) in [5.74, 6) is 2.01. The number of pyridine rings is 1. The highest BCUT2D eigenvalue weighted by atomic mass is 35.5. The van der Waals surface area contributed by atoms with Gasteiger partial charge in [-0.2, -0.15) is 4.98 Å². The summed E-state index contributed by atoms with van der Waals surface area (Å²) in [5.41, 5.74) is 0.920. The molecule has 1 atom stereocenters. The Morgan fingerprint density at radius 3 is 2.74 bits per heavy atom. The van der Waals surface area contributed by atoms with Crippen molar-refractivity contribution in [3.63, 3.8) is 0 Å². The molecule has 0 radical (unpaired) electrons. The summed E-state index contributed by atoms with van der Waals surface area (Å²) < 4.78 is 5.25. The van der Waals surface area contributed by atoms with Gasteiger partial charge in [-0.25, -0.2) is 0 Å². The van der Waals surface area contributed by atoms with Crippen molar-refractivity contribution in [3.05, 3.63) is 30.4 Å². The second kappa shape index (κ2) is 7.43. The topological polar surface area (TPSA) is 63.8 Å². The molecule has 1 fully saturated rings. The fraction of sp³-hybridized carbons (Fsp3) is 0.417. The molecule has 7 heteroatoms. The van der Waals surface area contributed by atoms with Gasteiger partial charge in [0.05, 0.1) is 0 Å². The smallest absolute Gasteiger partial charge is 0.258 e. The Hall–Kier alpha value is -1.17. The first-order valence-electron chi connectivity index (χ1n) is 5.85. The van der Waals surface area contributed by atoms with E-state index in [1.165, 1.54) is 6.42 Å². The standard InChI is InChI=1S/C12H14N4O.2ClH/c1-4-14-8-9(1)7-11-15-12(17-16-11)10-2-5-13-6-3-10;;/h2-3,5-6,9,14H,1,4,7-8H2;2*1H. The Labute approximate surface area is 124 Å². The zero-order valence-corrected chi connectivity index (χ0v) is 11.9. The average Bonchev–Trinajstić information content (AvgIpc) is 3.02. The van der Waals surface area contributed by atoms with Crippen LogP contribution in [0.15, 0.2) is 29.0 Å². The third-order valence-corrected chi connectivity index (χ3v) is 3.03. The van der Waals surface area contributed by atoms with Crippen LogP contribution in [-0.2, 0) is 6.42 Å². The summed E-state index contributed by atoms with van der Waals surface area (Å²) in [6, 6.07) is 3.74. The van der Waals surface area contributed by atoms with E-state index in [1.54, 1.807) is 12.4 Å². The van der Waals surface area contributed by atoms with Crippen molar-refractivity contribution in [2.45, 2.75) is 12.8 Å². The molecule has 3 heterocycles. The highest BCUT2D eigenvalue weighted by Crippen LogP contribution is 2.18. The van der Waals surface area contributed by atoms with Crippen molar-refractivity contribution in [1.29, 1.82) is 0 Å². The maximum Gasteiger partial charge on any atom is 0.258 e. The van der Waals surface area contributed by atoms with E-state index in [-0.39, 0.29) is 24.8 Å². The molecule has 19 heavy (non-hydrogen) atoms. The normalized spacial score (nSPS) is 17.6. The first-order chi connectivity index (χ1) is 8.42. The molecule has 0 aromatic carbocycles. The molecule has 1 unspecified atom stereocenters. The molecule has 5 nitrogen and oxygen atoms in total. The fourth-order valence-corrected chi connectivity index (χ4v) is 2.10. The van der Waals surface area contributed by atoms with Gasteiger partial charge in [0.2, 0.25) is 0 Å². The first-order valence-corrected chi connectivity index (χ1v) is 5.85. The monoisotopic (exact) mass is 302 g/mol. The van der Waals surface area contributed by atoms with Crippen LogP contribution in [0.5, 0.6) is 0 Å². The number of hydrogen-bond acceptors (Lipinski definition) is 5. The van der Waals surface area contributed by atoms with Gasteiger partial charge < -0.3 is 9.84 Å². The highest BCUT2D eigenvalue weighted by molar-refractivity contribution is 5.85. The minimum Gasteiger partial charge on any atom is -0.334 e. The predicted molar refractivity (Wildman–Crippen MR) is 76.7 cm³/mol. The van der Waals surface area contributed by atoms with E-state index in [9.17, 15) is 0 Å². The molecule has 104 valence electrons. The number of aromatic nitrogens is 3. The Morgan fingerprint density at radius 2 is 2.05 bits per heavy atom. The van der Waals surface area contributed by atoms with Crippen LogP contribution in [-0.4, -0.2) is 28.2 Å². The lowest BCUT2D eigenvalue weighted by Gasteiger charge is -2.01. The van der Waals surface area contributed by atoms with Crippen molar-refractivity contribution in [3.8, 4) is 11.5 Å². The molecule has 3 rings (SSSR count). The quantitative estimate of drug-likeness (QED) is 0.941. The average molecular weight is 303 g/mol. The molecular formula is C12H16Cl2N4O. The molecule has 2 aromatic rings. The molecule has 0 aliphatic carbocycles. The minimum absolute atomic E-state index is 0. The second-order valence-electron chi connectivity index (χ2n) is 4.31. The van der Waals surface area contributed by atoms with E-state index in [0.717, 1.165) is 30.9 Å². The predicted octanol–water partition coefficient (Wildman–Crippen LogP) is 2.13. The van der Waals surface area contributed by atoms with Crippen molar-refractivity contribution in [2.75, 3.05) is 13.1 Å². The lowest BCUT2D eigenvalue weighted by Crippen LogP contribution is -2.11. The van der Waals surface area contributed by atoms with E-state index in [2.05, 4.69) is 20.4 Å². The van der Waals surface area contributed by atoms with Crippen LogP contribution in [0.3, 0.4) is 0 Å². The van der Waals surface area contributed by atoms with Crippen molar-refractivity contribution < 1.29 is 4.52 Å². The van der Waals surface area contributed by atoms with Crippen LogP contribution in [0.2, 0.25) is 0 Å². The van der Waals surface area contributed by atoms with Gasteiger partial charge in [-0.1, -0.05) is 5.16 Å². The number of nitrogens with zero attached hydrogens (tertiary/aromatic N) is 3. The summed E-state index contributed by atoms with van der Waals surface area (Å²) in [4.78, 5) is 8.37. The zero-order chi connectivity index (χ0) is 11.5. The number of nitrogens with one attached hydrogen (secondary N) is 1. The molecule has 0 spiro atoms. The molecule has 0 saturated carbocycles. The third kappa shape index (κ3) is 3.89. The summed E-state index contributed by atoms with van der Waals surface area (Å²) in [6.07, 6.45) is 5.53. The molecule has 0 amide bonds. The lowest BCUT2D eigenvalue weighted by molar-refractivity contribution is 0.415. The molecule has 2 aromatic heterocycles. The van der Waals surface area contributed by atoms with Crippen LogP contribution < -0.4 is 5.32 Å². The van der Waals surface area contributed by atoms with Crippen LogP contribution in [0.1, 0.15) is 12.2 Å². The summed E-state index contributed by atoms with van der Waals surface area (Å²) in [6.45, 7) is 2.15. The number of rotatable bonds is 3. The first kappa shape index (κ1) is 15.9. The maximum absolute atomic E-state index is 5.25. The van der Waals surface area contributed by atoms with E-state index >= 15 is 0 Å². The lowest BCUT2D eigenvalue weighted by atomic mass is 10.1. The second-order valence-corrected chi connectivity index (χ2v) is 4.31. The summed E-state index contributed by atoms with van der Waals surface area (Å²) in [7, 11) is 0. The van der Waals surface area contributed by atoms with Gasteiger partial charge in [0, 0.05) is 24.4 Å². The van der Waals surface area contributed by atoms with E-state index in [1.807, 2.05) is 12.1 Å². The Kier molecular flexibility index (Phi) is 6.21. The van der Waals surface area contributed by atoms with Crippen molar-refractivity contribution in [2.24, 2.45) is 5.92 Å². The van der Waals surface area contributed by atoms with Gasteiger partial charge in [0.15, 0.2) is 5.82 Å². The molecule has 0 bridgehead atoms. The highest BCUT2D eigenvalue weighted by Gasteiger charge is 2.18. The number of halogens is 2. The minimum atomic E-state index is 0. The molecule has 1 N–H and O–H groups in total. The van der Waals surface area contributed by atoms with Crippen LogP contribution in [0.25, 0.3) is 11.5 Å². The van der Waals surface area contributed by atoms with Crippen LogP contribution >= 0.6 is 24.8 Å².